The highest BCUT2D eigenvalue weighted by Crippen LogP contribution is 2.18. The van der Waals surface area contributed by atoms with Crippen LogP contribution in [0.25, 0.3) is 0 Å². The monoisotopic (exact) mass is 273 g/mol. The molecule has 106 valence electrons. The van der Waals surface area contributed by atoms with Crippen molar-refractivity contribution < 1.29 is 13.2 Å². The van der Waals surface area contributed by atoms with Crippen LogP contribution in [-0.2, 0) is 6.54 Å². The largest absolute Gasteiger partial charge is 0.401 e. The van der Waals surface area contributed by atoms with Crippen molar-refractivity contribution in [2.24, 2.45) is 5.73 Å². The summed E-state index contributed by atoms with van der Waals surface area (Å²) >= 11 is 0. The fraction of sp³-hybridized carbons (Fsp3) is 0.462. The highest BCUT2D eigenvalue weighted by atomic mass is 19.4. The molecule has 6 heteroatoms. The average molecular weight is 273 g/mol. The van der Waals surface area contributed by atoms with E-state index in [0.717, 1.165) is 5.56 Å². The summed E-state index contributed by atoms with van der Waals surface area (Å²) in [6, 6.07) is 6.76. The van der Waals surface area contributed by atoms with Gasteiger partial charge in [-0.2, -0.15) is 13.2 Å². The lowest BCUT2D eigenvalue weighted by molar-refractivity contribution is -0.147. The van der Waals surface area contributed by atoms with E-state index in [2.05, 4.69) is 0 Å². The fourth-order valence-corrected chi connectivity index (χ4v) is 1.88. The van der Waals surface area contributed by atoms with Gasteiger partial charge in [0.05, 0.1) is 6.54 Å². The van der Waals surface area contributed by atoms with Gasteiger partial charge in [-0.15, -0.1) is 0 Å². The van der Waals surface area contributed by atoms with E-state index in [1.54, 1.807) is 24.3 Å². The van der Waals surface area contributed by atoms with Crippen LogP contribution >= 0.6 is 0 Å². The van der Waals surface area contributed by atoms with E-state index in [1.807, 2.05) is 6.92 Å². The zero-order chi connectivity index (χ0) is 14.5. The quantitative estimate of drug-likeness (QED) is 0.618. The van der Waals surface area contributed by atoms with Crippen molar-refractivity contribution in [3.8, 4) is 0 Å². The van der Waals surface area contributed by atoms with Crippen molar-refractivity contribution in [1.82, 2.24) is 4.90 Å². The minimum absolute atomic E-state index is 0.0836. The van der Waals surface area contributed by atoms with Crippen molar-refractivity contribution in [2.75, 3.05) is 13.1 Å². The number of nitrogens with two attached hydrogens (primary N) is 1. The second-order valence-corrected chi connectivity index (χ2v) is 4.44. The Labute approximate surface area is 110 Å². The molecule has 0 aliphatic carbocycles. The summed E-state index contributed by atoms with van der Waals surface area (Å²) in [5.74, 6) is -0.0836. The van der Waals surface area contributed by atoms with E-state index in [9.17, 15) is 13.2 Å². The molecule has 0 bridgehead atoms. The first-order chi connectivity index (χ1) is 8.81. The summed E-state index contributed by atoms with van der Waals surface area (Å²) < 4.78 is 37.3. The van der Waals surface area contributed by atoms with Gasteiger partial charge < -0.3 is 5.73 Å². The van der Waals surface area contributed by atoms with Gasteiger partial charge in [0.25, 0.3) is 0 Å². The highest BCUT2D eigenvalue weighted by Gasteiger charge is 2.30. The molecule has 1 aromatic rings. The standard InChI is InChI=1S/C13H18F3N3/c1-2-6-19(9-13(14,15)16)8-10-4-3-5-11(7-10)12(17)18/h3-5,7H,2,6,8-9H2,1H3,(H3,17,18). The normalized spacial score (nSPS) is 11.8. The second-order valence-electron chi connectivity index (χ2n) is 4.44. The van der Waals surface area contributed by atoms with E-state index < -0.39 is 12.7 Å². The molecule has 0 atom stereocenters. The number of nitrogens with zero attached hydrogens (tertiary/aromatic N) is 1. The van der Waals surface area contributed by atoms with Crippen LogP contribution in [0.5, 0.6) is 0 Å². The molecule has 0 unspecified atom stereocenters. The van der Waals surface area contributed by atoms with Crippen LogP contribution in [0.4, 0.5) is 13.2 Å². The average Bonchev–Trinajstić information content (AvgIpc) is 2.27. The number of nitrogens with one attached hydrogen (secondary N) is 1. The molecule has 0 aliphatic heterocycles. The Hall–Kier alpha value is -1.56. The molecule has 3 N–H and O–H groups in total. The first kappa shape index (κ1) is 15.5. The fourth-order valence-electron chi connectivity index (χ4n) is 1.88. The predicted octanol–water partition coefficient (Wildman–Crippen LogP) is 2.74. The Balaban J connectivity index is 2.78. The molecular weight excluding hydrogens is 255 g/mol. The van der Waals surface area contributed by atoms with E-state index in [0.29, 0.717) is 18.5 Å². The number of amidine groups is 1. The number of nitrogen functional groups attached to an aromatic ring is 1. The van der Waals surface area contributed by atoms with Crippen molar-refractivity contribution in [3.05, 3.63) is 35.4 Å². The lowest BCUT2D eigenvalue weighted by Crippen LogP contribution is -2.34. The van der Waals surface area contributed by atoms with E-state index in [4.69, 9.17) is 11.1 Å². The molecule has 0 spiro atoms. The maximum atomic E-state index is 12.4. The zero-order valence-corrected chi connectivity index (χ0v) is 10.8. The number of alkyl halides is 3. The van der Waals surface area contributed by atoms with E-state index in [1.165, 1.54) is 4.90 Å². The molecule has 0 saturated heterocycles. The number of rotatable bonds is 6. The van der Waals surface area contributed by atoms with Crippen LogP contribution in [0.2, 0.25) is 0 Å². The number of hydrogen-bond acceptors (Lipinski definition) is 2. The van der Waals surface area contributed by atoms with Crippen LogP contribution < -0.4 is 5.73 Å². The molecule has 0 radical (unpaired) electrons. The van der Waals surface area contributed by atoms with Gasteiger partial charge in [0.2, 0.25) is 0 Å². The van der Waals surface area contributed by atoms with Gasteiger partial charge in [-0.05, 0) is 24.6 Å². The van der Waals surface area contributed by atoms with Gasteiger partial charge in [-0.25, -0.2) is 0 Å². The summed E-state index contributed by atoms with van der Waals surface area (Å²) in [4.78, 5) is 1.35. The molecule has 1 rings (SSSR count). The zero-order valence-electron chi connectivity index (χ0n) is 10.8. The first-order valence-electron chi connectivity index (χ1n) is 6.04. The Morgan fingerprint density at radius 1 is 1.37 bits per heavy atom. The summed E-state index contributed by atoms with van der Waals surface area (Å²) in [5, 5.41) is 7.32. The first-order valence-corrected chi connectivity index (χ1v) is 6.04. The third-order valence-electron chi connectivity index (χ3n) is 2.59. The van der Waals surface area contributed by atoms with Crippen molar-refractivity contribution in [1.29, 1.82) is 5.41 Å². The number of hydrogen-bond donors (Lipinski definition) is 2. The van der Waals surface area contributed by atoms with Crippen LogP contribution in [-0.4, -0.2) is 30.0 Å². The molecule has 19 heavy (non-hydrogen) atoms. The predicted molar refractivity (Wildman–Crippen MR) is 69.1 cm³/mol. The molecule has 0 heterocycles. The summed E-state index contributed by atoms with van der Waals surface area (Å²) in [7, 11) is 0. The van der Waals surface area contributed by atoms with Gasteiger partial charge in [0.15, 0.2) is 0 Å². The summed E-state index contributed by atoms with van der Waals surface area (Å²) in [6.45, 7) is 1.50. The maximum Gasteiger partial charge on any atom is 0.401 e. The Bertz CT molecular complexity index is 429. The van der Waals surface area contributed by atoms with E-state index in [-0.39, 0.29) is 12.4 Å². The van der Waals surface area contributed by atoms with Gasteiger partial charge in [0, 0.05) is 12.1 Å². The molecule has 1 aromatic carbocycles. The van der Waals surface area contributed by atoms with Crippen molar-refractivity contribution in [2.45, 2.75) is 26.1 Å². The Morgan fingerprint density at radius 2 is 2.05 bits per heavy atom. The SMILES string of the molecule is CCCN(Cc1cccc(C(=N)N)c1)CC(F)(F)F. The minimum atomic E-state index is -4.20. The Morgan fingerprint density at radius 3 is 2.58 bits per heavy atom. The molecule has 0 saturated carbocycles. The molecular formula is C13H18F3N3. The van der Waals surface area contributed by atoms with Crippen molar-refractivity contribution in [3.63, 3.8) is 0 Å². The van der Waals surface area contributed by atoms with Crippen molar-refractivity contribution >= 4 is 5.84 Å². The molecule has 0 aromatic heterocycles. The highest BCUT2D eigenvalue weighted by molar-refractivity contribution is 5.95. The third kappa shape index (κ3) is 5.74. The molecule has 0 aliphatic rings. The maximum absolute atomic E-state index is 12.4. The minimum Gasteiger partial charge on any atom is -0.384 e. The van der Waals surface area contributed by atoms with Crippen LogP contribution in [0.1, 0.15) is 24.5 Å². The topological polar surface area (TPSA) is 53.1 Å². The van der Waals surface area contributed by atoms with Crippen LogP contribution in [0.15, 0.2) is 24.3 Å². The third-order valence-corrected chi connectivity index (χ3v) is 2.59. The summed E-state index contributed by atoms with van der Waals surface area (Å²) in [5.41, 5.74) is 6.62. The smallest absolute Gasteiger partial charge is 0.384 e. The summed E-state index contributed by atoms with van der Waals surface area (Å²) in [6.07, 6.45) is -3.55. The van der Waals surface area contributed by atoms with Gasteiger partial charge in [-0.1, -0.05) is 25.1 Å². The lowest BCUT2D eigenvalue weighted by Gasteiger charge is -2.23. The number of halogens is 3. The van der Waals surface area contributed by atoms with Gasteiger partial charge in [-0.3, -0.25) is 10.3 Å². The molecule has 0 fully saturated rings. The molecule has 3 nitrogen and oxygen atoms in total. The second kappa shape index (κ2) is 6.56. The van der Waals surface area contributed by atoms with Gasteiger partial charge >= 0.3 is 6.18 Å². The van der Waals surface area contributed by atoms with Gasteiger partial charge in [0.1, 0.15) is 5.84 Å². The van der Waals surface area contributed by atoms with Crippen LogP contribution in [0.3, 0.4) is 0 Å². The molecule has 0 amide bonds. The van der Waals surface area contributed by atoms with Crippen LogP contribution in [0, 0.1) is 5.41 Å². The lowest BCUT2D eigenvalue weighted by atomic mass is 10.1. The van der Waals surface area contributed by atoms with E-state index >= 15 is 0 Å². The Kier molecular flexibility index (Phi) is 5.35. The number of benzene rings is 1.